The van der Waals surface area contributed by atoms with E-state index in [0.29, 0.717) is 12.2 Å². The van der Waals surface area contributed by atoms with Gasteiger partial charge in [-0.3, -0.25) is 4.79 Å². The molecule has 1 aromatic rings. The number of esters is 1. The summed E-state index contributed by atoms with van der Waals surface area (Å²) in [4.78, 5) is 11.0. The van der Waals surface area contributed by atoms with Crippen LogP contribution in [-0.4, -0.2) is 12.6 Å². The third-order valence-corrected chi connectivity index (χ3v) is 2.51. The molecule has 0 saturated carbocycles. The minimum absolute atomic E-state index is 0.0620. The first kappa shape index (κ1) is 15.6. The first-order valence-electron chi connectivity index (χ1n) is 5.53. The molecule has 0 unspecified atom stereocenters. The van der Waals surface area contributed by atoms with Crippen LogP contribution in [0.1, 0.15) is 24.5 Å². The molecule has 0 amide bonds. The van der Waals surface area contributed by atoms with Crippen LogP contribution >= 0.6 is 11.6 Å². The maximum atomic E-state index is 12.5. The Kier molecular flexibility index (Phi) is 5.42. The minimum atomic E-state index is -4.47. The van der Waals surface area contributed by atoms with Gasteiger partial charge in [0.15, 0.2) is 0 Å². The second-order valence-corrected chi connectivity index (χ2v) is 4.06. The molecule has 6 heteroatoms. The molecule has 0 saturated heterocycles. The molecule has 0 aliphatic rings. The predicted octanol–water partition coefficient (Wildman–Crippen LogP) is 4.33. The molecule has 0 radical (unpaired) electrons. The van der Waals surface area contributed by atoms with Crippen molar-refractivity contribution in [2.24, 2.45) is 0 Å². The van der Waals surface area contributed by atoms with Crippen LogP contribution in [0.15, 0.2) is 24.3 Å². The smallest absolute Gasteiger partial charge is 0.417 e. The lowest BCUT2D eigenvalue weighted by Crippen LogP contribution is -2.05. The molecule has 0 atom stereocenters. The molecule has 0 heterocycles. The van der Waals surface area contributed by atoms with Gasteiger partial charge in [-0.05, 0) is 24.6 Å². The number of carbonyl (C=O) groups is 1. The van der Waals surface area contributed by atoms with Gasteiger partial charge in [0, 0.05) is 0 Å². The van der Waals surface area contributed by atoms with Crippen LogP contribution in [0, 0.1) is 0 Å². The maximum absolute atomic E-state index is 12.5. The van der Waals surface area contributed by atoms with Crippen molar-refractivity contribution in [2.45, 2.75) is 19.5 Å². The number of halogens is 4. The van der Waals surface area contributed by atoms with Crippen molar-refractivity contribution in [1.29, 1.82) is 0 Å². The van der Waals surface area contributed by atoms with Crippen molar-refractivity contribution in [1.82, 2.24) is 0 Å². The van der Waals surface area contributed by atoms with E-state index in [9.17, 15) is 18.0 Å². The van der Waals surface area contributed by atoms with Gasteiger partial charge in [-0.2, -0.15) is 13.2 Å². The summed E-state index contributed by atoms with van der Waals surface area (Å²) in [6.45, 7) is 1.98. The quantitative estimate of drug-likeness (QED) is 0.772. The average Bonchev–Trinajstić information content (AvgIpc) is 2.27. The van der Waals surface area contributed by atoms with Gasteiger partial charge in [-0.25, -0.2) is 0 Å². The van der Waals surface area contributed by atoms with Crippen LogP contribution in [0.2, 0.25) is 5.02 Å². The molecule has 0 bridgehead atoms. The van der Waals surface area contributed by atoms with E-state index in [-0.39, 0.29) is 11.4 Å². The predicted molar refractivity (Wildman–Crippen MR) is 66.7 cm³/mol. The molecular formula is C13H12ClF3O2. The van der Waals surface area contributed by atoms with Gasteiger partial charge in [0.1, 0.15) is 0 Å². The molecule has 0 N–H and O–H groups in total. The van der Waals surface area contributed by atoms with E-state index in [1.54, 1.807) is 6.92 Å². The van der Waals surface area contributed by atoms with Gasteiger partial charge >= 0.3 is 12.1 Å². The molecule has 104 valence electrons. The van der Waals surface area contributed by atoms with E-state index >= 15 is 0 Å². The fourth-order valence-corrected chi connectivity index (χ4v) is 1.67. The Morgan fingerprint density at radius 3 is 2.63 bits per heavy atom. The Hall–Kier alpha value is -1.49. The monoisotopic (exact) mass is 292 g/mol. The number of hydrogen-bond acceptors (Lipinski definition) is 2. The number of benzene rings is 1. The zero-order chi connectivity index (χ0) is 14.5. The first-order chi connectivity index (χ1) is 8.84. The number of ether oxygens (including phenoxy) is 1. The van der Waals surface area contributed by atoms with Gasteiger partial charge in [0.2, 0.25) is 0 Å². The molecule has 1 aromatic carbocycles. The van der Waals surface area contributed by atoms with Crippen LogP contribution in [0.3, 0.4) is 0 Å². The molecule has 19 heavy (non-hydrogen) atoms. The number of alkyl halides is 3. The van der Waals surface area contributed by atoms with Gasteiger partial charge in [-0.1, -0.05) is 29.8 Å². The van der Waals surface area contributed by atoms with Crippen LogP contribution in [-0.2, 0) is 15.7 Å². The largest absolute Gasteiger partial charge is 0.466 e. The minimum Gasteiger partial charge on any atom is -0.466 e. The summed E-state index contributed by atoms with van der Waals surface area (Å²) >= 11 is 5.56. The Labute approximate surface area is 113 Å². The van der Waals surface area contributed by atoms with Gasteiger partial charge in [0.25, 0.3) is 0 Å². The van der Waals surface area contributed by atoms with E-state index in [1.807, 2.05) is 0 Å². The molecule has 0 aliphatic carbocycles. The fraction of sp³-hybridized carbons (Fsp3) is 0.308. The lowest BCUT2D eigenvalue weighted by Gasteiger charge is -2.08. The van der Waals surface area contributed by atoms with E-state index in [1.165, 1.54) is 24.3 Å². The lowest BCUT2D eigenvalue weighted by molar-refractivity contribution is -0.142. The third kappa shape index (κ3) is 4.95. The average molecular weight is 293 g/mol. The second-order valence-electron chi connectivity index (χ2n) is 3.65. The van der Waals surface area contributed by atoms with Crippen LogP contribution in [0.4, 0.5) is 13.2 Å². The lowest BCUT2D eigenvalue weighted by atomic mass is 10.1. The SMILES string of the molecule is CCOC(=O)CC=Cc1ccc(C(F)(F)F)c(Cl)c1. The van der Waals surface area contributed by atoms with Crippen LogP contribution in [0.5, 0.6) is 0 Å². The highest BCUT2D eigenvalue weighted by Gasteiger charge is 2.32. The fourth-order valence-electron chi connectivity index (χ4n) is 1.38. The van der Waals surface area contributed by atoms with Crippen LogP contribution in [0.25, 0.3) is 6.08 Å². The Morgan fingerprint density at radius 2 is 2.11 bits per heavy atom. The molecule has 1 rings (SSSR count). The van der Waals surface area contributed by atoms with E-state index in [4.69, 9.17) is 16.3 Å². The summed E-state index contributed by atoms with van der Waals surface area (Å²) in [5.74, 6) is -0.392. The number of carbonyl (C=O) groups excluding carboxylic acids is 1. The number of hydrogen-bond donors (Lipinski definition) is 0. The van der Waals surface area contributed by atoms with Crippen molar-refractivity contribution in [3.05, 3.63) is 40.4 Å². The maximum Gasteiger partial charge on any atom is 0.417 e. The topological polar surface area (TPSA) is 26.3 Å². The van der Waals surface area contributed by atoms with Crippen molar-refractivity contribution < 1.29 is 22.7 Å². The van der Waals surface area contributed by atoms with E-state index in [0.717, 1.165) is 6.07 Å². The summed E-state index contributed by atoms with van der Waals surface area (Å²) in [5, 5.41) is -0.370. The normalized spacial score (nSPS) is 11.8. The zero-order valence-electron chi connectivity index (χ0n) is 10.1. The molecular weight excluding hydrogens is 281 g/mol. The molecule has 0 fully saturated rings. The standard InChI is InChI=1S/C13H12ClF3O2/c1-2-19-12(18)5-3-4-9-6-7-10(11(14)8-9)13(15,16)17/h3-4,6-8H,2,5H2,1H3. The van der Waals surface area contributed by atoms with Crippen molar-refractivity contribution >= 4 is 23.6 Å². The highest BCUT2D eigenvalue weighted by molar-refractivity contribution is 6.31. The molecule has 2 nitrogen and oxygen atoms in total. The Balaban J connectivity index is 2.74. The Bertz CT molecular complexity index is 481. The van der Waals surface area contributed by atoms with E-state index < -0.39 is 17.7 Å². The van der Waals surface area contributed by atoms with Crippen LogP contribution < -0.4 is 0 Å². The third-order valence-electron chi connectivity index (χ3n) is 2.20. The van der Waals surface area contributed by atoms with Gasteiger partial charge in [0.05, 0.1) is 23.6 Å². The second kappa shape index (κ2) is 6.61. The van der Waals surface area contributed by atoms with Crippen molar-refractivity contribution in [3.63, 3.8) is 0 Å². The summed E-state index contributed by atoms with van der Waals surface area (Å²) in [5.41, 5.74) is -0.390. The van der Waals surface area contributed by atoms with Gasteiger partial charge in [-0.15, -0.1) is 0 Å². The summed E-state index contributed by atoms with van der Waals surface area (Å²) in [6, 6.07) is 3.40. The summed E-state index contributed by atoms with van der Waals surface area (Å²) in [6.07, 6.45) is -1.38. The molecule has 0 aromatic heterocycles. The van der Waals surface area contributed by atoms with Crippen molar-refractivity contribution in [2.75, 3.05) is 6.61 Å². The summed E-state index contributed by atoms with van der Waals surface area (Å²) < 4.78 is 42.1. The molecule has 0 aliphatic heterocycles. The first-order valence-corrected chi connectivity index (χ1v) is 5.91. The molecule has 0 spiro atoms. The number of rotatable bonds is 4. The zero-order valence-corrected chi connectivity index (χ0v) is 10.9. The Morgan fingerprint density at radius 1 is 1.42 bits per heavy atom. The highest BCUT2D eigenvalue weighted by Crippen LogP contribution is 2.35. The highest BCUT2D eigenvalue weighted by atomic mass is 35.5. The van der Waals surface area contributed by atoms with E-state index in [2.05, 4.69) is 0 Å². The summed E-state index contributed by atoms with van der Waals surface area (Å²) in [7, 11) is 0. The van der Waals surface area contributed by atoms with Gasteiger partial charge < -0.3 is 4.74 Å². The van der Waals surface area contributed by atoms with Crippen molar-refractivity contribution in [3.8, 4) is 0 Å².